The van der Waals surface area contributed by atoms with Gasteiger partial charge in [0.2, 0.25) is 0 Å². The molecule has 1 unspecified atom stereocenters. The first kappa shape index (κ1) is 12.8. The molecule has 0 bridgehead atoms. The Morgan fingerprint density at radius 1 is 1.31 bits per heavy atom. The lowest BCUT2D eigenvalue weighted by Crippen LogP contribution is -2.19. The Bertz CT molecular complexity index is 306. The highest BCUT2D eigenvalue weighted by molar-refractivity contribution is 5.46. The summed E-state index contributed by atoms with van der Waals surface area (Å²) in [6, 6.07) is 5.68. The molecule has 0 spiro atoms. The number of benzene rings is 1. The monoisotopic (exact) mass is 225 g/mol. The molecule has 0 amide bonds. The van der Waals surface area contributed by atoms with Gasteiger partial charge in [-0.1, -0.05) is 12.1 Å². The number of hydrogen-bond acceptors (Lipinski definition) is 4. The lowest BCUT2D eigenvalue weighted by atomic mass is 10.2. The molecule has 0 fully saturated rings. The van der Waals surface area contributed by atoms with E-state index in [1.807, 2.05) is 25.1 Å². The van der Waals surface area contributed by atoms with Crippen LogP contribution in [0.25, 0.3) is 0 Å². The highest BCUT2D eigenvalue weighted by Gasteiger charge is 2.12. The molecule has 0 aromatic heterocycles. The minimum absolute atomic E-state index is 0.0356. The summed E-state index contributed by atoms with van der Waals surface area (Å²) >= 11 is 0. The Balaban J connectivity index is 2.90. The third-order valence-electron chi connectivity index (χ3n) is 2.22. The smallest absolute Gasteiger partial charge is 0.166 e. The summed E-state index contributed by atoms with van der Waals surface area (Å²) in [7, 11) is 3.26. The van der Waals surface area contributed by atoms with Crippen LogP contribution in [-0.2, 0) is 11.3 Å². The van der Waals surface area contributed by atoms with Crippen LogP contribution in [0.5, 0.6) is 11.5 Å². The second-order valence-electron chi connectivity index (χ2n) is 3.54. The average Bonchev–Trinajstić information content (AvgIpc) is 2.29. The van der Waals surface area contributed by atoms with Gasteiger partial charge in [0.05, 0.1) is 13.7 Å². The number of methoxy groups -OCH3 is 2. The standard InChI is InChI=1S/C12H19NO3/c1-9(8-14-2)16-12-10(7-13)5-4-6-11(12)15-3/h4-6,9H,7-8,13H2,1-3H3. The Hall–Kier alpha value is -1.26. The van der Waals surface area contributed by atoms with E-state index in [0.717, 1.165) is 5.56 Å². The van der Waals surface area contributed by atoms with Gasteiger partial charge in [-0.15, -0.1) is 0 Å². The van der Waals surface area contributed by atoms with E-state index in [9.17, 15) is 0 Å². The van der Waals surface area contributed by atoms with Crippen LogP contribution in [-0.4, -0.2) is 26.9 Å². The number of hydrogen-bond donors (Lipinski definition) is 1. The molecule has 1 aromatic carbocycles. The van der Waals surface area contributed by atoms with E-state index >= 15 is 0 Å². The average molecular weight is 225 g/mol. The normalized spacial score (nSPS) is 12.2. The first-order valence-corrected chi connectivity index (χ1v) is 5.24. The van der Waals surface area contributed by atoms with Gasteiger partial charge < -0.3 is 19.9 Å². The van der Waals surface area contributed by atoms with E-state index < -0.39 is 0 Å². The second kappa shape index (κ2) is 6.35. The van der Waals surface area contributed by atoms with Gasteiger partial charge in [0.1, 0.15) is 6.10 Å². The highest BCUT2D eigenvalue weighted by Crippen LogP contribution is 2.31. The quantitative estimate of drug-likeness (QED) is 0.798. The minimum Gasteiger partial charge on any atom is -0.493 e. The van der Waals surface area contributed by atoms with Gasteiger partial charge in [-0.3, -0.25) is 0 Å². The number of ether oxygens (including phenoxy) is 3. The Labute approximate surface area is 96.3 Å². The zero-order chi connectivity index (χ0) is 12.0. The number of nitrogens with two attached hydrogens (primary N) is 1. The first-order chi connectivity index (χ1) is 7.72. The largest absolute Gasteiger partial charge is 0.493 e. The summed E-state index contributed by atoms with van der Waals surface area (Å²) in [5, 5.41) is 0. The molecule has 16 heavy (non-hydrogen) atoms. The maximum atomic E-state index is 5.77. The van der Waals surface area contributed by atoms with Crippen molar-refractivity contribution in [1.82, 2.24) is 0 Å². The van der Waals surface area contributed by atoms with Crippen LogP contribution >= 0.6 is 0 Å². The summed E-state index contributed by atoms with van der Waals surface area (Å²) in [5.74, 6) is 1.41. The van der Waals surface area contributed by atoms with Crippen molar-refractivity contribution in [3.8, 4) is 11.5 Å². The molecule has 1 atom stereocenters. The van der Waals surface area contributed by atoms with Crippen molar-refractivity contribution in [2.24, 2.45) is 5.73 Å². The van der Waals surface area contributed by atoms with Gasteiger partial charge in [0, 0.05) is 19.2 Å². The molecule has 0 aliphatic carbocycles. The topological polar surface area (TPSA) is 53.7 Å². The van der Waals surface area contributed by atoms with Gasteiger partial charge in [0.15, 0.2) is 11.5 Å². The molecule has 0 aliphatic rings. The van der Waals surface area contributed by atoms with Crippen LogP contribution in [0.15, 0.2) is 18.2 Å². The van der Waals surface area contributed by atoms with Crippen molar-refractivity contribution in [1.29, 1.82) is 0 Å². The zero-order valence-corrected chi connectivity index (χ0v) is 10.0. The van der Waals surface area contributed by atoms with Crippen molar-refractivity contribution in [2.45, 2.75) is 19.6 Å². The lowest BCUT2D eigenvalue weighted by Gasteiger charge is -2.18. The number of para-hydroxylation sites is 1. The van der Waals surface area contributed by atoms with Crippen molar-refractivity contribution in [3.63, 3.8) is 0 Å². The van der Waals surface area contributed by atoms with Gasteiger partial charge in [0.25, 0.3) is 0 Å². The van der Waals surface area contributed by atoms with Gasteiger partial charge >= 0.3 is 0 Å². The van der Waals surface area contributed by atoms with Crippen LogP contribution in [0.4, 0.5) is 0 Å². The van der Waals surface area contributed by atoms with Crippen LogP contribution in [0.2, 0.25) is 0 Å². The third kappa shape index (κ3) is 3.12. The fraction of sp³-hybridized carbons (Fsp3) is 0.500. The zero-order valence-electron chi connectivity index (χ0n) is 10.0. The molecule has 0 heterocycles. The van der Waals surface area contributed by atoms with E-state index in [2.05, 4.69) is 0 Å². The molecule has 1 rings (SSSR count). The fourth-order valence-electron chi connectivity index (χ4n) is 1.49. The maximum absolute atomic E-state index is 5.77. The maximum Gasteiger partial charge on any atom is 0.166 e. The summed E-state index contributed by atoms with van der Waals surface area (Å²) in [6.45, 7) is 2.89. The van der Waals surface area contributed by atoms with E-state index in [1.54, 1.807) is 14.2 Å². The SMILES string of the molecule is COCC(C)Oc1c(CN)cccc1OC. The molecule has 0 saturated heterocycles. The summed E-state index contributed by atoms with van der Waals surface area (Å²) in [5.41, 5.74) is 6.59. The molecular weight excluding hydrogens is 206 g/mol. The molecular formula is C12H19NO3. The molecule has 4 heteroatoms. The van der Waals surface area contributed by atoms with Crippen LogP contribution in [0.1, 0.15) is 12.5 Å². The molecule has 4 nitrogen and oxygen atoms in total. The van der Waals surface area contributed by atoms with Crippen LogP contribution in [0.3, 0.4) is 0 Å². The van der Waals surface area contributed by atoms with Crippen LogP contribution < -0.4 is 15.2 Å². The predicted octanol–water partition coefficient (Wildman–Crippen LogP) is 1.57. The molecule has 1 aromatic rings. The minimum atomic E-state index is -0.0356. The summed E-state index contributed by atoms with van der Waals surface area (Å²) < 4.78 is 16.0. The van der Waals surface area contributed by atoms with Crippen molar-refractivity contribution >= 4 is 0 Å². The van der Waals surface area contributed by atoms with E-state index in [0.29, 0.717) is 24.7 Å². The molecule has 0 radical (unpaired) electrons. The molecule has 0 saturated carbocycles. The molecule has 0 aliphatic heterocycles. The first-order valence-electron chi connectivity index (χ1n) is 5.24. The Morgan fingerprint density at radius 2 is 2.06 bits per heavy atom. The van der Waals surface area contributed by atoms with Crippen molar-refractivity contribution in [2.75, 3.05) is 20.8 Å². The van der Waals surface area contributed by atoms with E-state index in [1.165, 1.54) is 0 Å². The Morgan fingerprint density at radius 3 is 2.62 bits per heavy atom. The van der Waals surface area contributed by atoms with Crippen LogP contribution in [0, 0.1) is 0 Å². The van der Waals surface area contributed by atoms with E-state index in [4.69, 9.17) is 19.9 Å². The fourth-order valence-corrected chi connectivity index (χ4v) is 1.49. The van der Waals surface area contributed by atoms with Gasteiger partial charge in [-0.25, -0.2) is 0 Å². The van der Waals surface area contributed by atoms with Gasteiger partial charge in [-0.05, 0) is 13.0 Å². The van der Waals surface area contributed by atoms with Gasteiger partial charge in [-0.2, -0.15) is 0 Å². The molecule has 2 N–H and O–H groups in total. The Kier molecular flexibility index (Phi) is 5.08. The summed E-state index contributed by atoms with van der Waals surface area (Å²) in [6.07, 6.45) is -0.0356. The molecule has 90 valence electrons. The number of rotatable bonds is 6. The summed E-state index contributed by atoms with van der Waals surface area (Å²) in [4.78, 5) is 0. The van der Waals surface area contributed by atoms with Crippen molar-refractivity contribution in [3.05, 3.63) is 23.8 Å². The lowest BCUT2D eigenvalue weighted by molar-refractivity contribution is 0.0893. The van der Waals surface area contributed by atoms with E-state index in [-0.39, 0.29) is 6.10 Å². The van der Waals surface area contributed by atoms with Crippen molar-refractivity contribution < 1.29 is 14.2 Å². The highest BCUT2D eigenvalue weighted by atomic mass is 16.5. The predicted molar refractivity (Wildman–Crippen MR) is 62.9 cm³/mol. The second-order valence-corrected chi connectivity index (χ2v) is 3.54. The third-order valence-corrected chi connectivity index (χ3v) is 2.22.